The number of nitrogens with one attached hydrogen (secondary N) is 1. The molecule has 2 heterocycles. The van der Waals surface area contributed by atoms with Gasteiger partial charge in [-0.1, -0.05) is 41.9 Å². The van der Waals surface area contributed by atoms with E-state index >= 15 is 0 Å². The average Bonchev–Trinajstić information content (AvgIpc) is 3.29. The predicted octanol–water partition coefficient (Wildman–Crippen LogP) is 4.84. The third-order valence-corrected chi connectivity index (χ3v) is 5.57. The molecule has 0 aliphatic rings. The Labute approximate surface area is 184 Å². The minimum absolute atomic E-state index is 0.244. The van der Waals surface area contributed by atoms with Gasteiger partial charge in [-0.05, 0) is 37.6 Å². The van der Waals surface area contributed by atoms with E-state index in [4.69, 9.17) is 11.6 Å². The molecule has 8 heteroatoms. The summed E-state index contributed by atoms with van der Waals surface area (Å²) < 4.78 is 17.2. The van der Waals surface area contributed by atoms with Crippen LogP contribution in [0.15, 0.2) is 60.9 Å². The van der Waals surface area contributed by atoms with Crippen molar-refractivity contribution in [2.75, 3.05) is 5.32 Å². The number of benzene rings is 2. The second-order valence-corrected chi connectivity index (χ2v) is 7.69. The molecule has 0 fully saturated rings. The quantitative estimate of drug-likeness (QED) is 0.469. The lowest BCUT2D eigenvalue weighted by Gasteiger charge is -2.07. The normalized spacial score (nSPS) is 11.0. The standard InChI is InChI=1S/C23H21ClFN5O/c1-15-22(24)16(2)30(28-15)12-17-7-9-18(10-8-17)23(31)27-20-11-26-29(14-20)13-19-5-3-4-6-21(19)25/h3-11,14H,12-13H2,1-2H3,(H,27,31). The van der Waals surface area contributed by atoms with Gasteiger partial charge in [0.15, 0.2) is 0 Å². The minimum atomic E-state index is -0.286. The number of halogens is 2. The van der Waals surface area contributed by atoms with E-state index in [0.717, 1.165) is 17.0 Å². The molecular weight excluding hydrogens is 417 g/mol. The highest BCUT2D eigenvalue weighted by Gasteiger charge is 2.11. The van der Waals surface area contributed by atoms with Gasteiger partial charge in [0.2, 0.25) is 0 Å². The fourth-order valence-corrected chi connectivity index (χ4v) is 3.42. The Morgan fingerprint density at radius 1 is 1.10 bits per heavy atom. The number of carbonyl (C=O) groups excluding carboxylic acids is 1. The van der Waals surface area contributed by atoms with Gasteiger partial charge in [-0.15, -0.1) is 0 Å². The summed E-state index contributed by atoms with van der Waals surface area (Å²) >= 11 is 6.20. The van der Waals surface area contributed by atoms with Crippen LogP contribution in [-0.4, -0.2) is 25.5 Å². The molecular formula is C23H21ClFN5O. The molecule has 2 aromatic heterocycles. The van der Waals surface area contributed by atoms with Crippen LogP contribution in [0.5, 0.6) is 0 Å². The lowest BCUT2D eigenvalue weighted by molar-refractivity contribution is 0.102. The van der Waals surface area contributed by atoms with Gasteiger partial charge < -0.3 is 5.32 Å². The molecule has 0 bridgehead atoms. The van der Waals surface area contributed by atoms with Crippen LogP contribution in [0.4, 0.5) is 10.1 Å². The molecule has 4 rings (SSSR count). The highest BCUT2D eigenvalue weighted by molar-refractivity contribution is 6.31. The van der Waals surface area contributed by atoms with Crippen molar-refractivity contribution in [3.05, 3.63) is 99.8 Å². The zero-order valence-electron chi connectivity index (χ0n) is 17.1. The molecule has 0 atom stereocenters. The number of hydrogen-bond donors (Lipinski definition) is 1. The largest absolute Gasteiger partial charge is 0.319 e. The minimum Gasteiger partial charge on any atom is -0.319 e. The van der Waals surface area contributed by atoms with Crippen molar-refractivity contribution < 1.29 is 9.18 Å². The van der Waals surface area contributed by atoms with Crippen LogP contribution in [0.2, 0.25) is 5.02 Å². The number of aryl methyl sites for hydroxylation is 1. The van der Waals surface area contributed by atoms with Crippen molar-refractivity contribution in [2.45, 2.75) is 26.9 Å². The number of carbonyl (C=O) groups is 1. The summed E-state index contributed by atoms with van der Waals surface area (Å²) in [7, 11) is 0. The lowest BCUT2D eigenvalue weighted by Crippen LogP contribution is -2.12. The zero-order valence-corrected chi connectivity index (χ0v) is 17.9. The average molecular weight is 438 g/mol. The van der Waals surface area contributed by atoms with Gasteiger partial charge in [0.05, 0.1) is 41.4 Å². The molecule has 0 spiro atoms. The molecule has 6 nitrogen and oxygen atoms in total. The van der Waals surface area contributed by atoms with Crippen LogP contribution in [0.1, 0.15) is 32.9 Å². The SMILES string of the molecule is Cc1nn(Cc2ccc(C(=O)Nc3cnn(Cc4ccccc4F)c3)cc2)c(C)c1Cl. The first-order valence-corrected chi connectivity index (χ1v) is 10.1. The van der Waals surface area contributed by atoms with Gasteiger partial charge in [0.25, 0.3) is 5.91 Å². The van der Waals surface area contributed by atoms with Crippen molar-refractivity contribution in [3.63, 3.8) is 0 Å². The molecule has 0 aliphatic carbocycles. The third kappa shape index (κ3) is 4.67. The monoisotopic (exact) mass is 437 g/mol. The van der Waals surface area contributed by atoms with E-state index in [1.54, 1.807) is 47.4 Å². The Hall–Kier alpha value is -3.45. The number of anilines is 1. The molecule has 1 amide bonds. The topological polar surface area (TPSA) is 64.7 Å². The molecule has 4 aromatic rings. The van der Waals surface area contributed by atoms with Crippen molar-refractivity contribution in [1.29, 1.82) is 0 Å². The zero-order chi connectivity index (χ0) is 22.0. The Morgan fingerprint density at radius 2 is 1.84 bits per heavy atom. The van der Waals surface area contributed by atoms with Crippen LogP contribution in [0.3, 0.4) is 0 Å². The van der Waals surface area contributed by atoms with Gasteiger partial charge in [0, 0.05) is 17.3 Å². The molecule has 31 heavy (non-hydrogen) atoms. The van der Waals surface area contributed by atoms with Gasteiger partial charge in [-0.25, -0.2) is 4.39 Å². The molecule has 2 aromatic carbocycles. The first kappa shape index (κ1) is 20.8. The highest BCUT2D eigenvalue weighted by Crippen LogP contribution is 2.20. The summed E-state index contributed by atoms with van der Waals surface area (Å²) in [6.45, 7) is 4.66. The molecule has 0 radical (unpaired) electrons. The van der Waals surface area contributed by atoms with Crippen molar-refractivity contribution in [3.8, 4) is 0 Å². The molecule has 0 saturated heterocycles. The van der Waals surface area contributed by atoms with Crippen LogP contribution in [0.25, 0.3) is 0 Å². The Kier molecular flexibility index (Phi) is 5.86. The first-order valence-electron chi connectivity index (χ1n) is 9.76. The van der Waals surface area contributed by atoms with Gasteiger partial charge >= 0.3 is 0 Å². The second kappa shape index (κ2) is 8.73. The van der Waals surface area contributed by atoms with Crippen molar-refractivity contribution in [2.24, 2.45) is 0 Å². The first-order chi connectivity index (χ1) is 14.9. The molecule has 0 unspecified atom stereocenters. The summed E-state index contributed by atoms with van der Waals surface area (Å²) in [5.41, 5.74) is 4.32. The lowest BCUT2D eigenvalue weighted by atomic mass is 10.1. The molecule has 1 N–H and O–H groups in total. The highest BCUT2D eigenvalue weighted by atomic mass is 35.5. The summed E-state index contributed by atoms with van der Waals surface area (Å²) in [5, 5.41) is 12.1. The summed E-state index contributed by atoms with van der Waals surface area (Å²) in [6, 6.07) is 13.8. The fraction of sp³-hybridized carbons (Fsp3) is 0.174. The van der Waals surface area contributed by atoms with Gasteiger partial charge in [-0.2, -0.15) is 10.2 Å². The molecule has 0 saturated carbocycles. The Balaban J connectivity index is 1.39. The number of amides is 1. The molecule has 158 valence electrons. The van der Waals surface area contributed by atoms with Crippen molar-refractivity contribution in [1.82, 2.24) is 19.6 Å². The van der Waals surface area contributed by atoms with Gasteiger partial charge in [0.1, 0.15) is 5.82 Å². The fourth-order valence-electron chi connectivity index (χ4n) is 3.28. The van der Waals surface area contributed by atoms with Gasteiger partial charge in [-0.3, -0.25) is 14.2 Å². The summed E-state index contributed by atoms with van der Waals surface area (Å²) in [4.78, 5) is 12.6. The Morgan fingerprint density at radius 3 is 2.52 bits per heavy atom. The van der Waals surface area contributed by atoms with E-state index in [9.17, 15) is 9.18 Å². The number of aromatic nitrogens is 4. The number of hydrogen-bond acceptors (Lipinski definition) is 3. The van der Waals surface area contributed by atoms with Crippen LogP contribution in [-0.2, 0) is 13.1 Å². The third-order valence-electron chi connectivity index (χ3n) is 5.02. The maximum atomic E-state index is 13.8. The van der Waals surface area contributed by atoms with E-state index in [0.29, 0.717) is 28.4 Å². The van der Waals surface area contributed by atoms with E-state index in [2.05, 4.69) is 15.5 Å². The van der Waals surface area contributed by atoms with Crippen molar-refractivity contribution >= 4 is 23.2 Å². The second-order valence-electron chi connectivity index (χ2n) is 7.31. The molecule has 0 aliphatic heterocycles. The maximum absolute atomic E-state index is 13.8. The van der Waals surface area contributed by atoms with Crippen LogP contribution >= 0.6 is 11.6 Å². The summed E-state index contributed by atoms with van der Waals surface area (Å²) in [5.74, 6) is -0.530. The van der Waals surface area contributed by atoms with Crippen LogP contribution in [0, 0.1) is 19.7 Å². The number of rotatable bonds is 6. The van der Waals surface area contributed by atoms with E-state index < -0.39 is 0 Å². The van der Waals surface area contributed by atoms with E-state index in [1.165, 1.54) is 6.07 Å². The maximum Gasteiger partial charge on any atom is 0.255 e. The van der Waals surface area contributed by atoms with E-state index in [-0.39, 0.29) is 18.3 Å². The van der Waals surface area contributed by atoms with E-state index in [1.807, 2.05) is 30.7 Å². The summed E-state index contributed by atoms with van der Waals surface area (Å²) in [6.07, 6.45) is 3.21. The smallest absolute Gasteiger partial charge is 0.255 e. The number of nitrogens with zero attached hydrogens (tertiary/aromatic N) is 4. The van der Waals surface area contributed by atoms with Crippen LogP contribution < -0.4 is 5.32 Å². The predicted molar refractivity (Wildman–Crippen MR) is 118 cm³/mol. The Bertz CT molecular complexity index is 1230.